The second kappa shape index (κ2) is 6.11. The van der Waals surface area contributed by atoms with Gasteiger partial charge in [-0.15, -0.1) is 0 Å². The van der Waals surface area contributed by atoms with E-state index in [0.717, 1.165) is 0 Å². The summed E-state index contributed by atoms with van der Waals surface area (Å²) in [5.74, 6) is -1.07. The molecular weight excluding hydrogens is 252 g/mol. The van der Waals surface area contributed by atoms with Crippen LogP contribution in [0.3, 0.4) is 0 Å². The number of carbonyl (C=O) groups is 1. The minimum Gasteiger partial charge on any atom is -0.392 e. The number of hydrogen-bond acceptors (Lipinski definition) is 4. The van der Waals surface area contributed by atoms with Gasteiger partial charge in [-0.2, -0.15) is 0 Å². The van der Waals surface area contributed by atoms with E-state index in [0.29, 0.717) is 0 Å². The van der Waals surface area contributed by atoms with Crippen LogP contribution >= 0.6 is 0 Å². The summed E-state index contributed by atoms with van der Waals surface area (Å²) in [7, 11) is -3.59. The van der Waals surface area contributed by atoms with E-state index in [4.69, 9.17) is 0 Å². The molecule has 0 aliphatic rings. The molecule has 1 N–H and O–H groups in total. The van der Waals surface area contributed by atoms with Gasteiger partial charge in [-0.1, -0.05) is 32.0 Å². The summed E-state index contributed by atoms with van der Waals surface area (Å²) in [5, 5.41) is 9.55. The van der Waals surface area contributed by atoms with Gasteiger partial charge in [-0.25, -0.2) is 8.42 Å². The Balaban J connectivity index is 2.70. The van der Waals surface area contributed by atoms with Gasteiger partial charge in [0.05, 0.1) is 11.0 Å². The minimum absolute atomic E-state index is 0.0617. The Kier molecular flexibility index (Phi) is 5.04. The van der Waals surface area contributed by atoms with E-state index in [1.165, 1.54) is 12.1 Å². The molecule has 0 aromatic heterocycles. The summed E-state index contributed by atoms with van der Waals surface area (Å²) in [5.41, 5.74) is 0. The number of benzene rings is 1. The molecule has 0 bridgehead atoms. The first-order valence-corrected chi connectivity index (χ1v) is 7.45. The topological polar surface area (TPSA) is 71.4 Å². The molecule has 1 atom stereocenters. The first kappa shape index (κ1) is 14.9. The van der Waals surface area contributed by atoms with E-state index in [9.17, 15) is 18.3 Å². The molecule has 1 aromatic rings. The molecule has 1 rings (SSSR count). The number of carbonyl (C=O) groups excluding carboxylic acids is 1. The summed E-state index contributed by atoms with van der Waals surface area (Å²) in [6, 6.07) is 7.85. The lowest BCUT2D eigenvalue weighted by Gasteiger charge is -2.13. The van der Waals surface area contributed by atoms with Gasteiger partial charge >= 0.3 is 0 Å². The molecule has 4 nitrogen and oxygen atoms in total. The normalized spacial score (nSPS) is 13.6. The van der Waals surface area contributed by atoms with Gasteiger partial charge < -0.3 is 5.11 Å². The fourth-order valence-corrected chi connectivity index (χ4v) is 2.73. The van der Waals surface area contributed by atoms with Crippen molar-refractivity contribution >= 4 is 15.6 Å². The fraction of sp³-hybridized carbons (Fsp3) is 0.462. The molecule has 1 unspecified atom stereocenters. The van der Waals surface area contributed by atoms with Crippen molar-refractivity contribution < 1.29 is 18.3 Å². The van der Waals surface area contributed by atoms with Gasteiger partial charge in [0, 0.05) is 6.42 Å². The lowest BCUT2D eigenvalue weighted by molar-refractivity contribution is -0.119. The molecule has 1 aromatic carbocycles. The monoisotopic (exact) mass is 270 g/mol. The van der Waals surface area contributed by atoms with Gasteiger partial charge in [0.25, 0.3) is 0 Å². The highest BCUT2D eigenvalue weighted by Gasteiger charge is 2.22. The molecule has 0 fully saturated rings. The zero-order valence-electron chi connectivity index (χ0n) is 10.5. The lowest BCUT2D eigenvalue weighted by Crippen LogP contribution is -2.24. The van der Waals surface area contributed by atoms with E-state index in [-0.39, 0.29) is 17.2 Å². The van der Waals surface area contributed by atoms with Crippen LogP contribution < -0.4 is 0 Å². The third-order valence-corrected chi connectivity index (χ3v) is 4.35. The Morgan fingerprint density at radius 2 is 1.78 bits per heavy atom. The van der Waals surface area contributed by atoms with Crippen molar-refractivity contribution in [3.8, 4) is 0 Å². The molecule has 0 aliphatic heterocycles. The van der Waals surface area contributed by atoms with E-state index in [1.807, 2.05) is 0 Å². The van der Waals surface area contributed by atoms with Crippen molar-refractivity contribution in [2.45, 2.75) is 31.3 Å². The summed E-state index contributed by atoms with van der Waals surface area (Å²) >= 11 is 0. The molecular formula is C13H18O4S. The zero-order chi connectivity index (χ0) is 13.8. The van der Waals surface area contributed by atoms with Crippen molar-refractivity contribution in [2.24, 2.45) is 5.92 Å². The highest BCUT2D eigenvalue weighted by Crippen LogP contribution is 2.12. The number of hydrogen-bond donors (Lipinski definition) is 1. The molecule has 0 spiro atoms. The number of sulfone groups is 1. The Morgan fingerprint density at radius 1 is 1.22 bits per heavy atom. The predicted molar refractivity (Wildman–Crippen MR) is 69.0 cm³/mol. The molecule has 0 amide bonds. The Labute approximate surface area is 108 Å². The van der Waals surface area contributed by atoms with E-state index in [1.54, 1.807) is 32.0 Å². The number of rotatable bonds is 6. The first-order valence-electron chi connectivity index (χ1n) is 5.80. The SMILES string of the molecule is CC(C)C(O)CC(=O)CS(=O)(=O)c1ccccc1. The van der Waals surface area contributed by atoms with Crippen molar-refractivity contribution in [1.82, 2.24) is 0 Å². The second-order valence-electron chi connectivity index (χ2n) is 4.63. The number of Topliss-reactive ketones (excluding diaryl/α,β-unsaturated/α-hetero) is 1. The molecule has 0 saturated heterocycles. The van der Waals surface area contributed by atoms with Crippen LogP contribution in [0.25, 0.3) is 0 Å². The van der Waals surface area contributed by atoms with Crippen LogP contribution in [0.15, 0.2) is 35.2 Å². The summed E-state index contributed by atoms with van der Waals surface area (Å²) in [6.45, 7) is 3.56. The number of aliphatic hydroxyl groups is 1. The van der Waals surface area contributed by atoms with Gasteiger partial charge in [0.2, 0.25) is 0 Å². The third kappa shape index (κ3) is 4.23. The van der Waals surface area contributed by atoms with Gasteiger partial charge in [0.15, 0.2) is 15.6 Å². The van der Waals surface area contributed by atoms with Crippen LogP contribution in [0.1, 0.15) is 20.3 Å². The van der Waals surface area contributed by atoms with Crippen LogP contribution in [0.4, 0.5) is 0 Å². The maximum atomic E-state index is 11.9. The number of aliphatic hydroxyl groups excluding tert-OH is 1. The maximum absolute atomic E-state index is 11.9. The molecule has 100 valence electrons. The van der Waals surface area contributed by atoms with E-state index >= 15 is 0 Å². The van der Waals surface area contributed by atoms with Crippen molar-refractivity contribution in [1.29, 1.82) is 0 Å². The summed E-state index contributed by atoms with van der Waals surface area (Å²) in [4.78, 5) is 11.7. The second-order valence-corrected chi connectivity index (χ2v) is 6.62. The van der Waals surface area contributed by atoms with Crippen molar-refractivity contribution in [3.63, 3.8) is 0 Å². The van der Waals surface area contributed by atoms with Gasteiger partial charge in [-0.05, 0) is 18.1 Å². The molecule has 18 heavy (non-hydrogen) atoms. The number of ketones is 1. The molecule has 0 aliphatic carbocycles. The van der Waals surface area contributed by atoms with Crippen LogP contribution in [-0.2, 0) is 14.6 Å². The summed E-state index contributed by atoms with van der Waals surface area (Å²) < 4.78 is 23.8. The van der Waals surface area contributed by atoms with Crippen LogP contribution in [0.2, 0.25) is 0 Å². The first-order chi connectivity index (χ1) is 8.33. The van der Waals surface area contributed by atoms with Gasteiger partial charge in [0.1, 0.15) is 5.75 Å². The van der Waals surface area contributed by atoms with Gasteiger partial charge in [-0.3, -0.25) is 4.79 Å². The average molecular weight is 270 g/mol. The van der Waals surface area contributed by atoms with Crippen molar-refractivity contribution in [2.75, 3.05) is 5.75 Å². The zero-order valence-corrected chi connectivity index (χ0v) is 11.4. The van der Waals surface area contributed by atoms with Crippen LogP contribution in [0, 0.1) is 5.92 Å². The Bertz CT molecular complexity index is 491. The van der Waals surface area contributed by atoms with Crippen LogP contribution in [0.5, 0.6) is 0 Å². The Hall–Kier alpha value is -1.20. The van der Waals surface area contributed by atoms with Crippen molar-refractivity contribution in [3.05, 3.63) is 30.3 Å². The fourth-order valence-electron chi connectivity index (χ4n) is 1.45. The lowest BCUT2D eigenvalue weighted by atomic mass is 10.0. The quantitative estimate of drug-likeness (QED) is 0.849. The van der Waals surface area contributed by atoms with Crippen LogP contribution in [-0.4, -0.2) is 31.2 Å². The highest BCUT2D eigenvalue weighted by atomic mass is 32.2. The standard InChI is InChI=1S/C13H18O4S/c1-10(2)13(15)8-11(14)9-18(16,17)12-6-4-3-5-7-12/h3-7,10,13,15H,8-9H2,1-2H3. The maximum Gasteiger partial charge on any atom is 0.185 e. The smallest absolute Gasteiger partial charge is 0.185 e. The average Bonchev–Trinajstić information content (AvgIpc) is 2.29. The van der Waals surface area contributed by atoms with E-state index in [2.05, 4.69) is 0 Å². The summed E-state index contributed by atoms with van der Waals surface area (Å²) in [6.07, 6.45) is -0.910. The highest BCUT2D eigenvalue weighted by molar-refractivity contribution is 7.92. The molecule has 0 saturated carbocycles. The molecule has 0 heterocycles. The minimum atomic E-state index is -3.59. The van der Waals surface area contributed by atoms with E-state index < -0.39 is 27.5 Å². The predicted octanol–water partition coefficient (Wildman–Crippen LogP) is 1.44. The molecule has 5 heteroatoms. The third-order valence-electron chi connectivity index (χ3n) is 2.66. The Morgan fingerprint density at radius 3 is 2.28 bits per heavy atom. The molecule has 0 radical (unpaired) electrons. The largest absolute Gasteiger partial charge is 0.392 e.